The van der Waals surface area contributed by atoms with Crippen molar-refractivity contribution in [3.63, 3.8) is 0 Å². The summed E-state index contributed by atoms with van der Waals surface area (Å²) in [6.45, 7) is 3.59. The van der Waals surface area contributed by atoms with Crippen LogP contribution in [0, 0.1) is 0 Å². The second-order valence-electron chi connectivity index (χ2n) is 4.16. The number of carbonyl (C=O) groups is 1. The van der Waals surface area contributed by atoms with Crippen molar-refractivity contribution in [2.45, 2.75) is 44.7 Å². The van der Waals surface area contributed by atoms with E-state index in [0.717, 1.165) is 19.4 Å². The van der Waals surface area contributed by atoms with E-state index in [-0.39, 0.29) is 12.0 Å². The third kappa shape index (κ3) is 3.18. The normalized spacial score (nSPS) is 24.9. The molecule has 15 heavy (non-hydrogen) atoms. The van der Waals surface area contributed by atoms with Crippen LogP contribution in [0.15, 0.2) is 0 Å². The van der Waals surface area contributed by atoms with Crippen molar-refractivity contribution >= 4 is 5.97 Å². The van der Waals surface area contributed by atoms with E-state index in [0.29, 0.717) is 12.6 Å². The number of esters is 1. The molecule has 0 amide bonds. The first-order chi connectivity index (χ1) is 7.20. The topological polar surface area (TPSA) is 55.6 Å². The summed E-state index contributed by atoms with van der Waals surface area (Å²) in [5, 5.41) is 0. The van der Waals surface area contributed by atoms with E-state index in [9.17, 15) is 4.79 Å². The molecule has 4 heteroatoms. The lowest BCUT2D eigenvalue weighted by atomic mass is 9.97. The summed E-state index contributed by atoms with van der Waals surface area (Å²) in [6, 6.07) is 0.324. The van der Waals surface area contributed by atoms with Crippen molar-refractivity contribution in [3.8, 4) is 0 Å². The average molecular weight is 214 g/mol. The van der Waals surface area contributed by atoms with Crippen molar-refractivity contribution in [1.29, 1.82) is 0 Å². The Balaban J connectivity index is 2.58. The molecule has 0 aliphatic carbocycles. The molecule has 1 aliphatic heterocycles. The van der Waals surface area contributed by atoms with Gasteiger partial charge in [0.05, 0.1) is 7.11 Å². The van der Waals surface area contributed by atoms with E-state index in [4.69, 9.17) is 10.5 Å². The maximum atomic E-state index is 11.5. The molecule has 0 aromatic rings. The van der Waals surface area contributed by atoms with Gasteiger partial charge in [-0.1, -0.05) is 6.42 Å². The smallest absolute Gasteiger partial charge is 0.322 e. The van der Waals surface area contributed by atoms with E-state index in [1.807, 2.05) is 6.92 Å². The van der Waals surface area contributed by atoms with Crippen LogP contribution in [0.1, 0.15) is 32.6 Å². The number of likely N-dealkylation sites (tertiary alicyclic amines) is 1. The molecule has 1 rings (SSSR count). The molecule has 0 aromatic heterocycles. The van der Waals surface area contributed by atoms with Gasteiger partial charge in [-0.25, -0.2) is 0 Å². The van der Waals surface area contributed by atoms with Crippen molar-refractivity contribution in [2.24, 2.45) is 5.73 Å². The number of carbonyl (C=O) groups excluding carboxylic acids is 1. The Morgan fingerprint density at radius 2 is 2.33 bits per heavy atom. The van der Waals surface area contributed by atoms with Crippen LogP contribution in [0.2, 0.25) is 0 Å². The molecule has 0 aromatic carbocycles. The first-order valence-electron chi connectivity index (χ1n) is 5.74. The summed E-state index contributed by atoms with van der Waals surface area (Å²) in [6.07, 6.45) is 4.54. The summed E-state index contributed by atoms with van der Waals surface area (Å²) in [5.74, 6) is -0.140. The van der Waals surface area contributed by atoms with Crippen molar-refractivity contribution in [1.82, 2.24) is 4.90 Å². The van der Waals surface area contributed by atoms with Crippen LogP contribution in [-0.4, -0.2) is 43.2 Å². The lowest BCUT2D eigenvalue weighted by molar-refractivity contribution is -0.148. The van der Waals surface area contributed by atoms with Crippen LogP contribution in [0.5, 0.6) is 0 Å². The van der Waals surface area contributed by atoms with Crippen LogP contribution < -0.4 is 5.73 Å². The van der Waals surface area contributed by atoms with Gasteiger partial charge in [0, 0.05) is 6.04 Å². The summed E-state index contributed by atoms with van der Waals surface area (Å²) in [7, 11) is 1.45. The van der Waals surface area contributed by atoms with Gasteiger partial charge in [0.15, 0.2) is 0 Å². The zero-order chi connectivity index (χ0) is 11.3. The Bertz CT molecular complexity index is 207. The van der Waals surface area contributed by atoms with E-state index in [1.54, 1.807) is 0 Å². The highest BCUT2D eigenvalue weighted by Crippen LogP contribution is 2.21. The van der Waals surface area contributed by atoms with Gasteiger partial charge in [0.25, 0.3) is 0 Å². The van der Waals surface area contributed by atoms with Crippen molar-refractivity contribution in [3.05, 3.63) is 0 Å². The maximum absolute atomic E-state index is 11.5. The fourth-order valence-electron chi connectivity index (χ4n) is 2.34. The number of nitrogens with two attached hydrogens (primary N) is 1. The third-order valence-electron chi connectivity index (χ3n) is 3.21. The van der Waals surface area contributed by atoms with E-state index >= 15 is 0 Å². The van der Waals surface area contributed by atoms with E-state index < -0.39 is 0 Å². The maximum Gasteiger partial charge on any atom is 0.322 e. The molecule has 2 atom stereocenters. The molecule has 1 saturated heterocycles. The van der Waals surface area contributed by atoms with Gasteiger partial charge in [-0.3, -0.25) is 9.69 Å². The predicted molar refractivity (Wildman–Crippen MR) is 59.5 cm³/mol. The second kappa shape index (κ2) is 6.08. The Hall–Kier alpha value is -0.610. The van der Waals surface area contributed by atoms with Gasteiger partial charge in [0.2, 0.25) is 0 Å². The SMILES string of the molecule is COC(=O)C(C)N1CCCCC1CCN. The van der Waals surface area contributed by atoms with Crippen molar-refractivity contribution < 1.29 is 9.53 Å². The lowest BCUT2D eigenvalue weighted by Crippen LogP contribution is -2.49. The van der Waals surface area contributed by atoms with Crippen LogP contribution in [0.3, 0.4) is 0 Å². The Morgan fingerprint density at radius 1 is 1.60 bits per heavy atom. The largest absolute Gasteiger partial charge is 0.468 e. The molecule has 0 saturated carbocycles. The Labute approximate surface area is 91.8 Å². The zero-order valence-corrected chi connectivity index (χ0v) is 9.74. The molecule has 1 heterocycles. The second-order valence-corrected chi connectivity index (χ2v) is 4.16. The standard InChI is InChI=1S/C11H22N2O2/c1-9(11(14)15-2)13-8-4-3-5-10(13)6-7-12/h9-10H,3-8,12H2,1-2H3. The van der Waals surface area contributed by atoms with Gasteiger partial charge in [-0.15, -0.1) is 0 Å². The molecule has 0 radical (unpaired) electrons. The molecular weight excluding hydrogens is 192 g/mol. The highest BCUT2D eigenvalue weighted by atomic mass is 16.5. The van der Waals surface area contributed by atoms with Crippen LogP contribution >= 0.6 is 0 Å². The van der Waals surface area contributed by atoms with Gasteiger partial charge >= 0.3 is 5.97 Å². The minimum atomic E-state index is -0.140. The van der Waals surface area contributed by atoms with E-state index in [1.165, 1.54) is 20.0 Å². The minimum Gasteiger partial charge on any atom is -0.468 e. The summed E-state index contributed by atoms with van der Waals surface area (Å²) in [5.41, 5.74) is 5.59. The zero-order valence-electron chi connectivity index (χ0n) is 9.74. The van der Waals surface area contributed by atoms with E-state index in [2.05, 4.69) is 4.90 Å². The molecule has 4 nitrogen and oxygen atoms in total. The number of hydrogen-bond acceptors (Lipinski definition) is 4. The average Bonchev–Trinajstić information content (AvgIpc) is 2.28. The molecule has 1 fully saturated rings. The molecule has 2 N–H and O–H groups in total. The number of piperidine rings is 1. The lowest BCUT2D eigenvalue weighted by Gasteiger charge is -2.38. The number of hydrogen-bond donors (Lipinski definition) is 1. The van der Waals surface area contributed by atoms with Gasteiger partial charge in [-0.2, -0.15) is 0 Å². The van der Waals surface area contributed by atoms with Crippen LogP contribution in [0.25, 0.3) is 0 Å². The molecule has 2 unspecified atom stereocenters. The fraction of sp³-hybridized carbons (Fsp3) is 0.909. The fourth-order valence-corrected chi connectivity index (χ4v) is 2.34. The number of nitrogens with zero attached hydrogens (tertiary/aromatic N) is 1. The number of ether oxygens (including phenoxy) is 1. The quantitative estimate of drug-likeness (QED) is 0.702. The van der Waals surface area contributed by atoms with Crippen LogP contribution in [0.4, 0.5) is 0 Å². The van der Waals surface area contributed by atoms with Crippen molar-refractivity contribution in [2.75, 3.05) is 20.2 Å². The molecular formula is C11H22N2O2. The molecule has 0 spiro atoms. The monoisotopic (exact) mass is 214 g/mol. The summed E-state index contributed by atoms with van der Waals surface area (Å²) in [4.78, 5) is 13.7. The first-order valence-corrected chi connectivity index (χ1v) is 5.74. The Kier molecular flexibility index (Phi) is 5.05. The summed E-state index contributed by atoms with van der Waals surface area (Å²) >= 11 is 0. The number of rotatable bonds is 4. The summed E-state index contributed by atoms with van der Waals surface area (Å²) < 4.78 is 4.78. The highest BCUT2D eigenvalue weighted by molar-refractivity contribution is 5.75. The van der Waals surface area contributed by atoms with Gasteiger partial charge in [0.1, 0.15) is 6.04 Å². The Morgan fingerprint density at radius 3 is 2.93 bits per heavy atom. The van der Waals surface area contributed by atoms with Gasteiger partial charge < -0.3 is 10.5 Å². The van der Waals surface area contributed by atoms with Gasteiger partial charge in [-0.05, 0) is 39.3 Å². The first kappa shape index (κ1) is 12.5. The third-order valence-corrected chi connectivity index (χ3v) is 3.21. The highest BCUT2D eigenvalue weighted by Gasteiger charge is 2.30. The molecule has 1 aliphatic rings. The predicted octanol–water partition coefficient (Wildman–Crippen LogP) is 0.751. The number of methoxy groups -OCH3 is 1. The molecule has 88 valence electrons. The minimum absolute atomic E-state index is 0.133. The van der Waals surface area contributed by atoms with Crippen LogP contribution in [-0.2, 0) is 9.53 Å². The molecule has 0 bridgehead atoms.